The summed E-state index contributed by atoms with van der Waals surface area (Å²) in [6.07, 6.45) is 7.33. The monoisotopic (exact) mass is 426 g/mol. The normalized spacial score (nSPS) is 15.9. The molecule has 1 saturated carbocycles. The van der Waals surface area contributed by atoms with Crippen molar-refractivity contribution in [3.05, 3.63) is 40.4 Å². The minimum atomic E-state index is -0.236. The van der Waals surface area contributed by atoms with Gasteiger partial charge < -0.3 is 10.2 Å². The molecule has 1 atom stereocenters. The molecular weight excluding hydrogens is 388 g/mol. The third-order valence-corrected chi connectivity index (χ3v) is 6.41. The second-order valence-corrected chi connectivity index (χ2v) is 9.12. The average Bonchev–Trinajstić information content (AvgIpc) is 2.77. The maximum absolute atomic E-state index is 13.4. The molecule has 1 fully saturated rings. The van der Waals surface area contributed by atoms with E-state index in [1.54, 1.807) is 4.57 Å². The molecule has 0 aliphatic heterocycles. The van der Waals surface area contributed by atoms with Gasteiger partial charge in [-0.15, -0.1) is 0 Å². The Balaban J connectivity index is 1.99. The van der Waals surface area contributed by atoms with E-state index in [0.717, 1.165) is 19.3 Å². The maximum Gasteiger partial charge on any atom is 0.318 e. The van der Waals surface area contributed by atoms with Gasteiger partial charge >= 0.3 is 6.03 Å². The largest absolute Gasteiger partial charge is 0.335 e. The number of hydrogen-bond donors (Lipinski definition) is 1. The number of fused-ring (bicyclic) bond motifs is 1. The zero-order valence-electron chi connectivity index (χ0n) is 19.6. The summed E-state index contributed by atoms with van der Waals surface area (Å²) in [5.41, 5.74) is 0.667. The van der Waals surface area contributed by atoms with Crippen LogP contribution in [0.2, 0.25) is 0 Å². The van der Waals surface area contributed by atoms with Crippen LogP contribution in [-0.2, 0) is 6.54 Å². The summed E-state index contributed by atoms with van der Waals surface area (Å²) in [6, 6.07) is 7.47. The van der Waals surface area contributed by atoms with Gasteiger partial charge in [0.05, 0.1) is 16.9 Å². The van der Waals surface area contributed by atoms with E-state index in [-0.39, 0.29) is 23.7 Å². The van der Waals surface area contributed by atoms with Crippen LogP contribution in [0, 0.1) is 5.92 Å². The number of carbonyl (C=O) groups excluding carboxylic acids is 1. The molecule has 1 aromatic heterocycles. The molecule has 1 unspecified atom stereocenters. The van der Waals surface area contributed by atoms with Crippen molar-refractivity contribution in [2.75, 3.05) is 6.54 Å². The molecule has 6 nitrogen and oxygen atoms in total. The Kier molecular flexibility index (Phi) is 8.10. The molecule has 0 bridgehead atoms. The predicted octanol–water partition coefficient (Wildman–Crippen LogP) is 5.26. The first kappa shape index (κ1) is 23.3. The third kappa shape index (κ3) is 5.46. The van der Waals surface area contributed by atoms with Crippen molar-refractivity contribution >= 4 is 16.9 Å². The smallest absolute Gasteiger partial charge is 0.318 e. The maximum atomic E-state index is 13.4. The summed E-state index contributed by atoms with van der Waals surface area (Å²) in [7, 11) is 0. The molecule has 1 heterocycles. The lowest BCUT2D eigenvalue weighted by molar-refractivity contribution is 0.156. The lowest BCUT2D eigenvalue weighted by Crippen LogP contribution is -2.48. The van der Waals surface area contributed by atoms with E-state index in [0.29, 0.717) is 42.2 Å². The highest BCUT2D eigenvalue weighted by Crippen LogP contribution is 2.26. The Morgan fingerprint density at radius 1 is 1.19 bits per heavy atom. The van der Waals surface area contributed by atoms with Crippen LogP contribution in [0.4, 0.5) is 4.79 Å². The fraction of sp³-hybridized carbons (Fsp3) is 0.640. The van der Waals surface area contributed by atoms with Gasteiger partial charge in [0.1, 0.15) is 5.82 Å². The summed E-state index contributed by atoms with van der Waals surface area (Å²) in [6.45, 7) is 9.58. The average molecular weight is 427 g/mol. The SMILES string of the molecule is CCC(c1nc2ccccc2c(=O)n1CC)N(CCC(C)C)C(=O)NC1CCCCC1. The summed E-state index contributed by atoms with van der Waals surface area (Å²) in [4.78, 5) is 33.4. The first-order valence-corrected chi connectivity index (χ1v) is 12.0. The van der Waals surface area contributed by atoms with Crippen molar-refractivity contribution in [2.45, 2.75) is 91.3 Å². The van der Waals surface area contributed by atoms with Crippen LogP contribution in [0.15, 0.2) is 29.1 Å². The van der Waals surface area contributed by atoms with Gasteiger partial charge in [-0.2, -0.15) is 0 Å². The highest BCUT2D eigenvalue weighted by atomic mass is 16.2. The quantitative estimate of drug-likeness (QED) is 0.626. The molecule has 170 valence electrons. The molecule has 6 heteroatoms. The number of carbonyl (C=O) groups is 1. The molecule has 1 N–H and O–H groups in total. The Morgan fingerprint density at radius 2 is 1.90 bits per heavy atom. The fourth-order valence-electron chi connectivity index (χ4n) is 4.59. The van der Waals surface area contributed by atoms with Gasteiger partial charge in [-0.1, -0.05) is 52.2 Å². The molecule has 0 spiro atoms. The minimum absolute atomic E-state index is 0.0236. The second-order valence-electron chi connectivity index (χ2n) is 9.12. The van der Waals surface area contributed by atoms with Crippen molar-refractivity contribution in [3.63, 3.8) is 0 Å². The van der Waals surface area contributed by atoms with Crippen molar-refractivity contribution in [1.29, 1.82) is 0 Å². The van der Waals surface area contributed by atoms with Crippen molar-refractivity contribution in [3.8, 4) is 0 Å². The number of urea groups is 1. The molecule has 0 saturated heterocycles. The lowest BCUT2D eigenvalue weighted by Gasteiger charge is -2.34. The van der Waals surface area contributed by atoms with Gasteiger partial charge in [-0.3, -0.25) is 9.36 Å². The number of aromatic nitrogens is 2. The second kappa shape index (κ2) is 10.8. The number of para-hydroxylation sites is 1. The summed E-state index contributed by atoms with van der Waals surface area (Å²) in [5, 5.41) is 3.92. The Labute approximate surface area is 186 Å². The van der Waals surface area contributed by atoms with Crippen molar-refractivity contribution in [1.82, 2.24) is 19.8 Å². The van der Waals surface area contributed by atoms with E-state index in [4.69, 9.17) is 4.98 Å². The molecule has 3 rings (SSSR count). The number of nitrogens with one attached hydrogen (secondary N) is 1. The first-order valence-electron chi connectivity index (χ1n) is 12.0. The van der Waals surface area contributed by atoms with Crippen LogP contribution in [0.1, 0.15) is 84.5 Å². The number of rotatable bonds is 8. The highest BCUT2D eigenvalue weighted by molar-refractivity contribution is 5.78. The van der Waals surface area contributed by atoms with Crippen molar-refractivity contribution < 1.29 is 4.79 Å². The third-order valence-electron chi connectivity index (χ3n) is 6.41. The Hall–Kier alpha value is -2.37. The van der Waals surface area contributed by atoms with E-state index in [9.17, 15) is 9.59 Å². The topological polar surface area (TPSA) is 67.2 Å². The zero-order valence-corrected chi connectivity index (χ0v) is 19.6. The molecule has 2 aromatic rings. The molecule has 1 aromatic carbocycles. The highest BCUT2D eigenvalue weighted by Gasteiger charge is 2.29. The van der Waals surface area contributed by atoms with Crippen LogP contribution in [0.25, 0.3) is 10.9 Å². The zero-order chi connectivity index (χ0) is 22.4. The van der Waals surface area contributed by atoms with Crippen LogP contribution < -0.4 is 10.9 Å². The molecule has 2 amide bonds. The number of hydrogen-bond acceptors (Lipinski definition) is 3. The van der Waals surface area contributed by atoms with Gasteiger partial charge in [-0.25, -0.2) is 9.78 Å². The Morgan fingerprint density at radius 3 is 2.55 bits per heavy atom. The first-order chi connectivity index (χ1) is 15.0. The fourth-order valence-corrected chi connectivity index (χ4v) is 4.59. The summed E-state index contributed by atoms with van der Waals surface area (Å²) >= 11 is 0. The number of benzene rings is 1. The van der Waals surface area contributed by atoms with Gasteiger partial charge in [0.2, 0.25) is 0 Å². The van der Waals surface area contributed by atoms with E-state index in [1.165, 1.54) is 19.3 Å². The van der Waals surface area contributed by atoms with E-state index >= 15 is 0 Å². The summed E-state index contributed by atoms with van der Waals surface area (Å²) < 4.78 is 1.74. The number of nitrogens with zero attached hydrogens (tertiary/aromatic N) is 3. The van der Waals surface area contributed by atoms with Gasteiger partial charge in [0, 0.05) is 19.1 Å². The van der Waals surface area contributed by atoms with E-state index < -0.39 is 0 Å². The van der Waals surface area contributed by atoms with Gasteiger partial charge in [0.25, 0.3) is 5.56 Å². The molecule has 31 heavy (non-hydrogen) atoms. The van der Waals surface area contributed by atoms with Gasteiger partial charge in [0.15, 0.2) is 0 Å². The standard InChI is InChI=1S/C25H38N4O2/c1-5-22(23-27-21-15-11-10-14-20(21)24(30)28(23)6-2)29(17-16-18(3)4)25(31)26-19-12-8-7-9-13-19/h10-11,14-15,18-19,22H,5-9,12-13,16-17H2,1-4H3,(H,26,31). The minimum Gasteiger partial charge on any atom is -0.335 e. The van der Waals surface area contributed by atoms with Crippen LogP contribution in [0.5, 0.6) is 0 Å². The molecule has 0 radical (unpaired) electrons. The lowest BCUT2D eigenvalue weighted by atomic mass is 9.95. The van der Waals surface area contributed by atoms with E-state index in [1.807, 2.05) is 36.1 Å². The summed E-state index contributed by atoms with van der Waals surface area (Å²) in [5.74, 6) is 1.18. The molecule has 1 aliphatic rings. The van der Waals surface area contributed by atoms with Crippen LogP contribution in [0.3, 0.4) is 0 Å². The molecular formula is C25H38N4O2. The number of amides is 2. The Bertz CT molecular complexity index is 931. The predicted molar refractivity (Wildman–Crippen MR) is 126 cm³/mol. The van der Waals surface area contributed by atoms with Crippen LogP contribution >= 0.6 is 0 Å². The van der Waals surface area contributed by atoms with Gasteiger partial charge in [-0.05, 0) is 50.7 Å². The van der Waals surface area contributed by atoms with E-state index in [2.05, 4.69) is 26.1 Å². The molecule has 1 aliphatic carbocycles. The van der Waals surface area contributed by atoms with Crippen LogP contribution in [-0.4, -0.2) is 33.1 Å². The van der Waals surface area contributed by atoms with Crippen molar-refractivity contribution in [2.24, 2.45) is 5.92 Å².